The van der Waals surface area contributed by atoms with Gasteiger partial charge >= 0.3 is 0 Å². The first-order valence-electron chi connectivity index (χ1n) is 7.20. The van der Waals surface area contributed by atoms with Crippen molar-refractivity contribution in [3.8, 4) is 5.75 Å². The molecule has 2 nitrogen and oxygen atoms in total. The number of hydrogen-bond acceptors (Lipinski definition) is 2. The Labute approximate surface area is 134 Å². The molecular weight excluding hydrogens is 326 g/mol. The number of fused-ring (bicyclic) bond motifs is 1. The fourth-order valence-corrected chi connectivity index (χ4v) is 3.21. The molecule has 21 heavy (non-hydrogen) atoms. The molecule has 0 amide bonds. The summed E-state index contributed by atoms with van der Waals surface area (Å²) < 4.78 is 7.27. The van der Waals surface area contributed by atoms with Gasteiger partial charge < -0.3 is 10.1 Å². The summed E-state index contributed by atoms with van der Waals surface area (Å²) in [6.07, 6.45) is 0. The molecule has 0 bridgehead atoms. The third-order valence-electron chi connectivity index (χ3n) is 4.05. The highest BCUT2D eigenvalue weighted by Gasteiger charge is 2.40. The predicted octanol–water partition coefficient (Wildman–Crippen LogP) is 5.39. The molecule has 0 aromatic heterocycles. The summed E-state index contributed by atoms with van der Waals surface area (Å²) in [5.41, 5.74) is 4.57. The molecular formula is C18H20BrNO. The van der Waals surface area contributed by atoms with Gasteiger partial charge in [0.05, 0.1) is 6.04 Å². The zero-order valence-corrected chi connectivity index (χ0v) is 14.4. The molecule has 1 atom stereocenters. The van der Waals surface area contributed by atoms with Crippen molar-refractivity contribution in [3.05, 3.63) is 57.6 Å². The number of aryl methyl sites for hydroxylation is 2. The van der Waals surface area contributed by atoms with Gasteiger partial charge in [-0.25, -0.2) is 0 Å². The minimum absolute atomic E-state index is 0.147. The van der Waals surface area contributed by atoms with Gasteiger partial charge in [-0.15, -0.1) is 0 Å². The zero-order chi connectivity index (χ0) is 15.2. The van der Waals surface area contributed by atoms with E-state index in [4.69, 9.17) is 4.74 Å². The van der Waals surface area contributed by atoms with Gasteiger partial charge in [0.25, 0.3) is 0 Å². The van der Waals surface area contributed by atoms with Gasteiger partial charge in [0.1, 0.15) is 11.4 Å². The number of para-hydroxylation sites is 1. The fraction of sp³-hybridized carbons (Fsp3) is 0.333. The SMILES string of the molecule is Cc1cc(NC2c3ccccc3OC2(C)C)cc(C)c1Br. The second kappa shape index (κ2) is 5.06. The molecule has 3 heteroatoms. The van der Waals surface area contributed by atoms with Gasteiger partial charge in [-0.1, -0.05) is 34.1 Å². The van der Waals surface area contributed by atoms with E-state index >= 15 is 0 Å². The van der Waals surface area contributed by atoms with Crippen molar-refractivity contribution < 1.29 is 4.74 Å². The van der Waals surface area contributed by atoms with Crippen molar-refractivity contribution in [3.63, 3.8) is 0 Å². The Bertz CT molecular complexity index is 670. The van der Waals surface area contributed by atoms with Crippen LogP contribution < -0.4 is 10.1 Å². The monoisotopic (exact) mass is 345 g/mol. The van der Waals surface area contributed by atoms with E-state index in [-0.39, 0.29) is 11.6 Å². The number of nitrogens with one attached hydrogen (secondary N) is 1. The van der Waals surface area contributed by atoms with Gasteiger partial charge in [-0.2, -0.15) is 0 Å². The molecule has 1 unspecified atom stereocenters. The normalized spacial score (nSPS) is 19.0. The van der Waals surface area contributed by atoms with Gasteiger partial charge in [0, 0.05) is 15.7 Å². The molecule has 110 valence electrons. The van der Waals surface area contributed by atoms with E-state index in [0.717, 1.165) is 11.4 Å². The zero-order valence-electron chi connectivity index (χ0n) is 12.8. The number of benzene rings is 2. The lowest BCUT2D eigenvalue weighted by Crippen LogP contribution is -2.34. The fourth-order valence-electron chi connectivity index (χ4n) is 2.98. The summed E-state index contributed by atoms with van der Waals surface area (Å²) in [5.74, 6) is 0.977. The number of rotatable bonds is 2. The Hall–Kier alpha value is -1.48. The van der Waals surface area contributed by atoms with Crippen molar-refractivity contribution in [1.82, 2.24) is 0 Å². The molecule has 1 heterocycles. The van der Waals surface area contributed by atoms with Crippen LogP contribution in [-0.4, -0.2) is 5.60 Å². The number of anilines is 1. The molecule has 0 saturated heterocycles. The summed E-state index contributed by atoms with van der Waals surface area (Å²) in [4.78, 5) is 0. The second-order valence-corrected chi connectivity index (χ2v) is 7.04. The van der Waals surface area contributed by atoms with Gasteiger partial charge in [-0.05, 0) is 57.0 Å². The van der Waals surface area contributed by atoms with Crippen molar-refractivity contribution in [1.29, 1.82) is 0 Å². The molecule has 2 aromatic carbocycles. The minimum atomic E-state index is -0.265. The smallest absolute Gasteiger partial charge is 0.128 e. The highest BCUT2D eigenvalue weighted by Crippen LogP contribution is 2.44. The van der Waals surface area contributed by atoms with E-state index in [1.165, 1.54) is 21.2 Å². The Balaban J connectivity index is 1.97. The lowest BCUT2D eigenvalue weighted by atomic mass is 9.94. The first-order valence-corrected chi connectivity index (χ1v) is 7.99. The number of hydrogen-bond donors (Lipinski definition) is 1. The molecule has 1 aliphatic heterocycles. The molecule has 0 radical (unpaired) electrons. The minimum Gasteiger partial charge on any atom is -0.485 e. The van der Waals surface area contributed by atoms with Crippen LogP contribution >= 0.6 is 15.9 Å². The van der Waals surface area contributed by atoms with Crippen LogP contribution in [0.25, 0.3) is 0 Å². The van der Waals surface area contributed by atoms with Crippen molar-refractivity contribution >= 4 is 21.6 Å². The Morgan fingerprint density at radius 1 is 1.10 bits per heavy atom. The highest BCUT2D eigenvalue weighted by atomic mass is 79.9. The van der Waals surface area contributed by atoms with Gasteiger partial charge in [-0.3, -0.25) is 0 Å². The van der Waals surface area contributed by atoms with Crippen molar-refractivity contribution in [2.75, 3.05) is 5.32 Å². The number of ether oxygens (including phenoxy) is 1. The van der Waals surface area contributed by atoms with Crippen LogP contribution in [0.2, 0.25) is 0 Å². The van der Waals surface area contributed by atoms with Crippen LogP contribution in [0.1, 0.15) is 36.6 Å². The molecule has 0 fully saturated rings. The van der Waals surface area contributed by atoms with Crippen LogP contribution in [-0.2, 0) is 0 Å². The third kappa shape index (κ3) is 2.55. The average Bonchev–Trinajstić information content (AvgIpc) is 2.67. The first kappa shape index (κ1) is 14.5. The summed E-state index contributed by atoms with van der Waals surface area (Å²) in [7, 11) is 0. The van der Waals surface area contributed by atoms with Crippen LogP contribution in [0.5, 0.6) is 5.75 Å². The molecule has 3 rings (SSSR count). The largest absolute Gasteiger partial charge is 0.485 e. The average molecular weight is 346 g/mol. The Morgan fingerprint density at radius 2 is 1.71 bits per heavy atom. The molecule has 1 aliphatic rings. The molecule has 0 aliphatic carbocycles. The van der Waals surface area contributed by atoms with E-state index in [1.807, 2.05) is 12.1 Å². The van der Waals surface area contributed by atoms with Gasteiger partial charge in [0.2, 0.25) is 0 Å². The van der Waals surface area contributed by atoms with E-state index in [0.29, 0.717) is 0 Å². The third-order valence-corrected chi connectivity index (χ3v) is 5.30. The molecule has 1 N–H and O–H groups in total. The molecule has 2 aromatic rings. The lowest BCUT2D eigenvalue weighted by Gasteiger charge is -2.28. The highest BCUT2D eigenvalue weighted by molar-refractivity contribution is 9.10. The van der Waals surface area contributed by atoms with Crippen LogP contribution in [0.15, 0.2) is 40.9 Å². The van der Waals surface area contributed by atoms with Crippen molar-refractivity contribution in [2.24, 2.45) is 0 Å². The van der Waals surface area contributed by atoms with E-state index in [2.05, 4.69) is 73.2 Å². The second-order valence-electron chi connectivity index (χ2n) is 6.24. The summed E-state index contributed by atoms with van der Waals surface area (Å²) >= 11 is 3.62. The standard InChI is InChI=1S/C18H20BrNO/c1-11-9-13(10-12(2)16(11)19)20-17-14-7-5-6-8-15(14)21-18(17,3)4/h5-10,17,20H,1-4H3. The summed E-state index contributed by atoms with van der Waals surface area (Å²) in [6, 6.07) is 12.8. The summed E-state index contributed by atoms with van der Waals surface area (Å²) in [5, 5.41) is 3.65. The first-order chi connectivity index (χ1) is 9.88. The number of halogens is 1. The Kier molecular flexibility index (Phi) is 3.48. The maximum Gasteiger partial charge on any atom is 0.128 e. The Morgan fingerprint density at radius 3 is 2.38 bits per heavy atom. The molecule has 0 spiro atoms. The van der Waals surface area contributed by atoms with Crippen LogP contribution in [0, 0.1) is 13.8 Å². The maximum absolute atomic E-state index is 6.09. The predicted molar refractivity (Wildman–Crippen MR) is 91.1 cm³/mol. The lowest BCUT2D eigenvalue weighted by molar-refractivity contribution is 0.118. The van der Waals surface area contributed by atoms with Crippen LogP contribution in [0.3, 0.4) is 0 Å². The maximum atomic E-state index is 6.09. The quantitative estimate of drug-likeness (QED) is 0.787. The molecule has 0 saturated carbocycles. The van der Waals surface area contributed by atoms with E-state index < -0.39 is 0 Å². The summed E-state index contributed by atoms with van der Waals surface area (Å²) in [6.45, 7) is 8.49. The van der Waals surface area contributed by atoms with Crippen LogP contribution in [0.4, 0.5) is 5.69 Å². The topological polar surface area (TPSA) is 21.3 Å². The van der Waals surface area contributed by atoms with Gasteiger partial charge in [0.15, 0.2) is 0 Å². The van der Waals surface area contributed by atoms with E-state index in [9.17, 15) is 0 Å². The van der Waals surface area contributed by atoms with E-state index in [1.54, 1.807) is 0 Å². The van der Waals surface area contributed by atoms with Crippen molar-refractivity contribution in [2.45, 2.75) is 39.3 Å².